The first-order valence-electron chi connectivity index (χ1n) is 5.03. The molecule has 0 rings (SSSR count). The van der Waals surface area contributed by atoms with Crippen LogP contribution < -0.4 is 29.4 Å². The molecule has 0 aliphatic carbocycles. The minimum atomic E-state index is -5.60. The summed E-state index contributed by atoms with van der Waals surface area (Å²) < 4.78 is 48.3. The van der Waals surface area contributed by atoms with E-state index in [-0.39, 0.29) is 30.4 Å². The van der Waals surface area contributed by atoms with Crippen LogP contribution in [0.3, 0.4) is 0 Å². The molecule has 0 saturated carbocycles. The van der Waals surface area contributed by atoms with Crippen molar-refractivity contribution in [2.45, 2.75) is 11.2 Å². The smallest absolute Gasteiger partial charge is 0.809 e. The number of hydrogen-bond acceptors (Lipinski definition) is 14. The van der Waals surface area contributed by atoms with Crippen LogP contribution in [0.1, 0.15) is 0 Å². The van der Waals surface area contributed by atoms with E-state index in [0.29, 0.717) is 12.5 Å². The van der Waals surface area contributed by atoms with Gasteiger partial charge in [0.2, 0.25) is 15.2 Å². The first kappa shape index (κ1) is 37.9. The summed E-state index contributed by atoms with van der Waals surface area (Å²) in [5.74, 6) is 0. The molecule has 0 bridgehead atoms. The van der Waals surface area contributed by atoms with Gasteiger partial charge in [0.25, 0.3) is 0 Å². The van der Waals surface area contributed by atoms with E-state index in [9.17, 15) is 47.6 Å². The van der Waals surface area contributed by atoms with Crippen LogP contribution in [0.4, 0.5) is 0 Å². The molecular formula is C6H10Be3O14P4. The van der Waals surface area contributed by atoms with E-state index in [4.69, 9.17) is 10.2 Å². The van der Waals surface area contributed by atoms with Crippen molar-refractivity contribution in [1.82, 2.24) is 0 Å². The van der Waals surface area contributed by atoms with Crippen molar-refractivity contribution in [3.05, 3.63) is 25.7 Å². The molecule has 27 heavy (non-hydrogen) atoms. The van der Waals surface area contributed by atoms with Gasteiger partial charge in [-0.25, -0.2) is 0 Å². The van der Waals surface area contributed by atoms with Crippen LogP contribution >= 0.6 is 30.4 Å². The minimum Gasteiger partial charge on any atom is -0.809 e. The van der Waals surface area contributed by atoms with Crippen LogP contribution in [0.15, 0.2) is 25.7 Å². The van der Waals surface area contributed by atoms with E-state index >= 15 is 0 Å². The summed E-state index contributed by atoms with van der Waals surface area (Å²) in [5, 5.41) is 16.8. The van der Waals surface area contributed by atoms with Crippen molar-refractivity contribution in [3.63, 3.8) is 0 Å². The van der Waals surface area contributed by atoms with E-state index in [2.05, 4.69) is 22.2 Å². The van der Waals surface area contributed by atoms with Crippen molar-refractivity contribution in [1.29, 1.82) is 0 Å². The normalized spacial score (nSPS) is 17.2. The quantitative estimate of drug-likeness (QED) is 0.196. The van der Waals surface area contributed by atoms with Crippen LogP contribution in [0.5, 0.6) is 0 Å². The fourth-order valence-corrected chi connectivity index (χ4v) is 4.39. The zero-order valence-electron chi connectivity index (χ0n) is 13.4. The topological polar surface area (TPSA) is 266 Å². The Bertz CT molecular complexity index is 574. The molecule has 21 heteroatoms. The van der Waals surface area contributed by atoms with E-state index < -0.39 is 41.6 Å². The maximum atomic E-state index is 10.5. The average molecular weight is 457 g/mol. The molecule has 0 spiro atoms. The molecule has 0 amide bonds. The molecule has 4 atom stereocenters. The molecule has 0 fully saturated rings. The molecule has 4 unspecified atom stereocenters. The summed E-state index contributed by atoms with van der Waals surface area (Å²) >= 11 is 0. The summed E-state index contributed by atoms with van der Waals surface area (Å²) in [6, 6.07) is 0. The van der Waals surface area contributed by atoms with E-state index in [1.54, 1.807) is 0 Å². The fraction of sp³-hybridized carbons (Fsp3) is 0.333. The van der Waals surface area contributed by atoms with Gasteiger partial charge < -0.3 is 57.8 Å². The third-order valence-electron chi connectivity index (χ3n) is 1.57. The Morgan fingerprint density at radius 2 is 0.852 bits per heavy atom. The zero-order valence-corrected chi connectivity index (χ0v) is 17.0. The molecule has 0 heterocycles. The molecule has 14 nitrogen and oxygen atoms in total. The second-order valence-electron chi connectivity index (χ2n) is 3.40. The van der Waals surface area contributed by atoms with Crippen LogP contribution in [0.25, 0.3) is 0 Å². The number of aliphatic hydroxyl groups is 2. The number of hydrogen-bond donors (Lipinski definition) is 2. The SMILES string of the molecule is C=COP(=O)([O-])C(O)P(=O)([O-])[O-].C=COP(=O)([O-])C(O)P(=O)([O-])[O-].[Be+2].[Be+2].[Be+2]. The average Bonchev–Trinajstić information content (AvgIpc) is 2.35. The van der Waals surface area contributed by atoms with Crippen LogP contribution in [-0.4, -0.2) is 51.7 Å². The van der Waals surface area contributed by atoms with Gasteiger partial charge in [0, 0.05) is 0 Å². The molecule has 2 N–H and O–H groups in total. The second kappa shape index (κ2) is 14.2. The summed E-state index contributed by atoms with van der Waals surface area (Å²) in [6.07, 6.45) is 0.791. The predicted molar refractivity (Wildman–Crippen MR) is 82.3 cm³/mol. The van der Waals surface area contributed by atoms with E-state index in [0.717, 1.165) is 0 Å². The summed E-state index contributed by atoms with van der Waals surface area (Å²) in [7, 11) is -21.4. The Morgan fingerprint density at radius 3 is 0.963 bits per heavy atom. The van der Waals surface area contributed by atoms with Gasteiger partial charge in [-0.2, -0.15) is 0 Å². The van der Waals surface area contributed by atoms with Crippen LogP contribution in [0, 0.1) is 0 Å². The second-order valence-corrected chi connectivity index (χ2v) is 10.9. The Hall–Kier alpha value is 0.186. The van der Waals surface area contributed by atoms with E-state index in [1.165, 1.54) is 0 Å². The zero-order chi connectivity index (χ0) is 20.0. The van der Waals surface area contributed by atoms with Crippen molar-refractivity contribution in [3.8, 4) is 0 Å². The van der Waals surface area contributed by atoms with Gasteiger partial charge in [-0.05, 0) is 15.2 Å². The largest absolute Gasteiger partial charge is 2.00 e. The fourth-order valence-electron chi connectivity index (χ4n) is 0.663. The van der Waals surface area contributed by atoms with Gasteiger partial charge in [-0.15, -0.1) is 0 Å². The molecule has 0 saturated heterocycles. The molecular weight excluding hydrogens is 447 g/mol. The first-order chi connectivity index (χ1) is 10.4. The number of aliphatic hydroxyl groups excluding tert-OH is 2. The summed E-state index contributed by atoms with van der Waals surface area (Å²) in [5.41, 5.74) is -6.13. The summed E-state index contributed by atoms with van der Waals surface area (Å²) in [6.45, 7) is 5.62. The Kier molecular flexibility index (Phi) is 19.9. The molecule has 0 aromatic carbocycles. The standard InChI is InChI=1S/2C3H8O7P2.3Be/c2*1-2-10-12(8,9)3(4)11(5,6)7;;;/h2*2-4H,1H2,(H,8,9)(H2,5,6,7);;;/q;;3*+2/p-6. The molecule has 0 aromatic rings. The van der Waals surface area contributed by atoms with Gasteiger partial charge in [-0.3, -0.25) is 9.13 Å². The van der Waals surface area contributed by atoms with Gasteiger partial charge in [-0.1, -0.05) is 13.2 Å². The minimum absolute atomic E-state index is 0. The van der Waals surface area contributed by atoms with Gasteiger partial charge >= 0.3 is 30.4 Å². The van der Waals surface area contributed by atoms with Crippen molar-refractivity contribution < 1.29 is 66.9 Å². The van der Waals surface area contributed by atoms with Gasteiger partial charge in [0.1, 0.15) is 0 Å². The maximum Gasteiger partial charge on any atom is 2.00 e. The van der Waals surface area contributed by atoms with Crippen molar-refractivity contribution in [2.24, 2.45) is 0 Å². The molecule has 0 aliphatic heterocycles. The van der Waals surface area contributed by atoms with Crippen LogP contribution in [0.2, 0.25) is 0 Å². The molecule has 0 aliphatic rings. The molecule has 0 aromatic heterocycles. The Labute approximate surface area is 165 Å². The Balaban J connectivity index is -0.000000108. The van der Waals surface area contributed by atoms with Gasteiger partial charge in [0.15, 0.2) is 11.2 Å². The predicted octanol–water partition coefficient (Wildman–Crippen LogP) is -5.36. The van der Waals surface area contributed by atoms with Crippen LogP contribution in [-0.2, 0) is 27.3 Å². The Morgan fingerprint density at radius 1 is 0.667 bits per heavy atom. The van der Waals surface area contributed by atoms with Gasteiger partial charge in [0.05, 0.1) is 12.5 Å². The third-order valence-corrected chi connectivity index (χ3v) is 8.12. The monoisotopic (exact) mass is 457 g/mol. The first-order valence-corrected chi connectivity index (χ1v) is 11.5. The third kappa shape index (κ3) is 14.8. The summed E-state index contributed by atoms with van der Waals surface area (Å²) in [4.78, 5) is 60.9. The van der Waals surface area contributed by atoms with Crippen molar-refractivity contribution >= 4 is 60.7 Å². The molecule has 144 valence electrons. The van der Waals surface area contributed by atoms with E-state index in [1.807, 2.05) is 0 Å². The van der Waals surface area contributed by atoms with Crippen molar-refractivity contribution in [2.75, 3.05) is 0 Å². The number of rotatable bonds is 8. The molecule has 0 radical (unpaired) electrons. The maximum absolute atomic E-state index is 10.5.